The number of amides is 1. The third kappa shape index (κ3) is 3.86. The van der Waals surface area contributed by atoms with Gasteiger partial charge in [0, 0.05) is 19.2 Å². The summed E-state index contributed by atoms with van der Waals surface area (Å²) >= 11 is 0. The highest BCUT2D eigenvalue weighted by atomic mass is 35.5. The molecule has 20 heavy (non-hydrogen) atoms. The first kappa shape index (κ1) is 16.1. The molecule has 1 aliphatic carbocycles. The highest BCUT2D eigenvalue weighted by molar-refractivity contribution is 5.85. The van der Waals surface area contributed by atoms with E-state index in [1.165, 1.54) is 32.1 Å². The topological polar surface area (TPSA) is 50.4 Å². The van der Waals surface area contributed by atoms with Gasteiger partial charge in [-0.25, -0.2) is 0 Å². The number of rotatable bonds is 3. The molecule has 3 fully saturated rings. The second kappa shape index (κ2) is 7.62. The lowest BCUT2D eigenvalue weighted by Crippen LogP contribution is -2.45. The highest BCUT2D eigenvalue weighted by Gasteiger charge is 2.38. The van der Waals surface area contributed by atoms with Gasteiger partial charge >= 0.3 is 0 Å². The molecule has 0 spiro atoms. The summed E-state index contributed by atoms with van der Waals surface area (Å²) in [6, 6.07) is 0.632. The van der Waals surface area contributed by atoms with Gasteiger partial charge < -0.3 is 15.4 Å². The van der Waals surface area contributed by atoms with Crippen molar-refractivity contribution in [1.82, 2.24) is 10.6 Å². The van der Waals surface area contributed by atoms with E-state index in [2.05, 4.69) is 10.6 Å². The van der Waals surface area contributed by atoms with Crippen molar-refractivity contribution in [3.63, 3.8) is 0 Å². The molecule has 3 aliphatic rings. The van der Waals surface area contributed by atoms with Crippen molar-refractivity contribution in [3.05, 3.63) is 0 Å². The van der Waals surface area contributed by atoms with Gasteiger partial charge in [-0.3, -0.25) is 4.79 Å². The van der Waals surface area contributed by atoms with Crippen molar-refractivity contribution in [1.29, 1.82) is 0 Å². The van der Waals surface area contributed by atoms with Gasteiger partial charge in [-0.15, -0.1) is 12.4 Å². The van der Waals surface area contributed by atoms with Crippen LogP contribution in [0.25, 0.3) is 0 Å². The van der Waals surface area contributed by atoms with E-state index in [1.807, 2.05) is 0 Å². The molecule has 2 aliphatic heterocycles. The SMILES string of the molecule is Cl.O=C(NCC1CCCCO1)C1CC2CCCCC2N1. The zero-order valence-electron chi connectivity index (χ0n) is 12.1. The Bertz CT molecular complexity index is 307. The van der Waals surface area contributed by atoms with E-state index in [1.54, 1.807) is 0 Å². The lowest BCUT2D eigenvalue weighted by atomic mass is 9.85. The predicted molar refractivity (Wildman–Crippen MR) is 81.1 cm³/mol. The lowest BCUT2D eigenvalue weighted by molar-refractivity contribution is -0.123. The Balaban J connectivity index is 0.00000147. The normalized spacial score (nSPS) is 36.8. The molecule has 0 aromatic carbocycles. The Kier molecular flexibility index (Phi) is 6.12. The van der Waals surface area contributed by atoms with E-state index in [0.717, 1.165) is 31.8 Å². The quantitative estimate of drug-likeness (QED) is 0.838. The van der Waals surface area contributed by atoms with E-state index in [-0.39, 0.29) is 30.5 Å². The van der Waals surface area contributed by atoms with Crippen molar-refractivity contribution < 1.29 is 9.53 Å². The van der Waals surface area contributed by atoms with Gasteiger partial charge in [0.1, 0.15) is 0 Å². The fourth-order valence-electron chi connectivity index (χ4n) is 3.83. The average molecular weight is 303 g/mol. The molecule has 0 aromatic heterocycles. The number of ether oxygens (including phenoxy) is 1. The van der Waals surface area contributed by atoms with Crippen molar-refractivity contribution in [3.8, 4) is 0 Å². The first-order valence-electron chi connectivity index (χ1n) is 7.98. The molecule has 1 saturated carbocycles. The first-order valence-corrected chi connectivity index (χ1v) is 7.98. The van der Waals surface area contributed by atoms with Crippen LogP contribution in [0.3, 0.4) is 0 Å². The summed E-state index contributed by atoms with van der Waals surface area (Å²) in [7, 11) is 0. The molecule has 1 amide bonds. The molecular formula is C15H27ClN2O2. The molecule has 4 unspecified atom stereocenters. The highest BCUT2D eigenvalue weighted by Crippen LogP contribution is 2.33. The zero-order chi connectivity index (χ0) is 13.1. The number of halogens is 1. The Morgan fingerprint density at radius 3 is 2.70 bits per heavy atom. The molecule has 4 atom stereocenters. The van der Waals surface area contributed by atoms with Crippen LogP contribution in [-0.2, 0) is 9.53 Å². The molecule has 4 nitrogen and oxygen atoms in total. The standard InChI is InChI=1S/C15H26N2O2.ClH/c18-15(16-10-12-6-3-4-8-19-12)14-9-11-5-1-2-7-13(11)17-14;/h11-14,17H,1-10H2,(H,16,18);1H. The van der Waals surface area contributed by atoms with Gasteiger partial charge in [0.25, 0.3) is 0 Å². The number of carbonyl (C=O) groups is 1. The van der Waals surface area contributed by atoms with Crippen LogP contribution in [0.2, 0.25) is 0 Å². The fourth-order valence-corrected chi connectivity index (χ4v) is 3.83. The molecule has 0 radical (unpaired) electrons. The van der Waals surface area contributed by atoms with Crippen LogP contribution >= 0.6 is 12.4 Å². The molecule has 2 heterocycles. The summed E-state index contributed by atoms with van der Waals surface area (Å²) in [6.45, 7) is 1.54. The summed E-state index contributed by atoms with van der Waals surface area (Å²) < 4.78 is 5.65. The van der Waals surface area contributed by atoms with Gasteiger partial charge in [0.05, 0.1) is 12.1 Å². The second-order valence-corrected chi connectivity index (χ2v) is 6.34. The Morgan fingerprint density at radius 2 is 1.95 bits per heavy atom. The summed E-state index contributed by atoms with van der Waals surface area (Å²) in [5.74, 6) is 0.916. The van der Waals surface area contributed by atoms with Gasteiger partial charge in [0.15, 0.2) is 0 Å². The van der Waals surface area contributed by atoms with Gasteiger partial charge in [0.2, 0.25) is 5.91 Å². The molecule has 116 valence electrons. The van der Waals surface area contributed by atoms with E-state index in [4.69, 9.17) is 4.74 Å². The molecule has 3 rings (SSSR count). The Morgan fingerprint density at radius 1 is 1.15 bits per heavy atom. The first-order chi connectivity index (χ1) is 9.33. The molecular weight excluding hydrogens is 276 g/mol. The Hall–Kier alpha value is -0.320. The summed E-state index contributed by atoms with van der Waals surface area (Å²) in [5, 5.41) is 6.61. The van der Waals surface area contributed by atoms with Crippen LogP contribution in [0.1, 0.15) is 51.4 Å². The van der Waals surface area contributed by atoms with Crippen LogP contribution in [0.4, 0.5) is 0 Å². The average Bonchev–Trinajstić information content (AvgIpc) is 2.90. The van der Waals surface area contributed by atoms with E-state index in [9.17, 15) is 4.79 Å². The van der Waals surface area contributed by atoms with Crippen molar-refractivity contribution in [2.75, 3.05) is 13.2 Å². The maximum absolute atomic E-state index is 12.2. The third-order valence-corrected chi connectivity index (χ3v) is 4.96. The van der Waals surface area contributed by atoms with Crippen molar-refractivity contribution in [2.24, 2.45) is 5.92 Å². The van der Waals surface area contributed by atoms with E-state index < -0.39 is 0 Å². The molecule has 0 aromatic rings. The van der Waals surface area contributed by atoms with Crippen molar-refractivity contribution >= 4 is 18.3 Å². The fraction of sp³-hybridized carbons (Fsp3) is 0.933. The molecule has 0 bridgehead atoms. The van der Waals surface area contributed by atoms with Gasteiger partial charge in [-0.2, -0.15) is 0 Å². The van der Waals surface area contributed by atoms with E-state index in [0.29, 0.717) is 12.6 Å². The smallest absolute Gasteiger partial charge is 0.237 e. The third-order valence-electron chi connectivity index (χ3n) is 4.96. The van der Waals surface area contributed by atoms with Crippen LogP contribution in [0.15, 0.2) is 0 Å². The predicted octanol–water partition coefficient (Wildman–Crippen LogP) is 2.01. The van der Waals surface area contributed by atoms with Crippen LogP contribution in [0.5, 0.6) is 0 Å². The molecule has 2 saturated heterocycles. The Labute approximate surface area is 127 Å². The number of nitrogens with one attached hydrogen (secondary N) is 2. The van der Waals surface area contributed by atoms with Crippen LogP contribution in [-0.4, -0.2) is 37.2 Å². The number of fused-ring (bicyclic) bond motifs is 1. The lowest BCUT2D eigenvalue weighted by Gasteiger charge is -2.24. The number of hydrogen-bond acceptors (Lipinski definition) is 3. The minimum atomic E-state index is 0. The minimum absolute atomic E-state index is 0. The van der Waals surface area contributed by atoms with E-state index >= 15 is 0 Å². The van der Waals surface area contributed by atoms with Crippen LogP contribution < -0.4 is 10.6 Å². The zero-order valence-corrected chi connectivity index (χ0v) is 12.9. The maximum atomic E-state index is 12.2. The number of hydrogen-bond donors (Lipinski definition) is 2. The number of carbonyl (C=O) groups excluding carboxylic acids is 1. The largest absolute Gasteiger partial charge is 0.376 e. The summed E-state index contributed by atoms with van der Waals surface area (Å²) in [6.07, 6.45) is 9.95. The monoisotopic (exact) mass is 302 g/mol. The minimum Gasteiger partial charge on any atom is -0.376 e. The van der Waals surface area contributed by atoms with Gasteiger partial charge in [-0.1, -0.05) is 12.8 Å². The second-order valence-electron chi connectivity index (χ2n) is 6.34. The summed E-state index contributed by atoms with van der Waals surface area (Å²) in [5.41, 5.74) is 0. The molecule has 2 N–H and O–H groups in total. The van der Waals surface area contributed by atoms with Crippen molar-refractivity contribution in [2.45, 2.75) is 69.6 Å². The van der Waals surface area contributed by atoms with Crippen LogP contribution in [0, 0.1) is 5.92 Å². The molecule has 5 heteroatoms. The summed E-state index contributed by atoms with van der Waals surface area (Å²) in [4.78, 5) is 12.2. The van der Waals surface area contributed by atoms with Gasteiger partial charge in [-0.05, 0) is 44.4 Å². The maximum Gasteiger partial charge on any atom is 0.237 e.